The molecular formula is C18H30ClNO. The van der Waals surface area contributed by atoms with Gasteiger partial charge in [-0.1, -0.05) is 26.7 Å². The van der Waals surface area contributed by atoms with Crippen LogP contribution < -0.4 is 5.32 Å². The lowest BCUT2D eigenvalue weighted by Gasteiger charge is -2.53. The molecule has 4 bridgehead atoms. The van der Waals surface area contributed by atoms with Crippen molar-refractivity contribution in [1.82, 2.24) is 5.32 Å². The van der Waals surface area contributed by atoms with E-state index in [1.54, 1.807) is 0 Å². The van der Waals surface area contributed by atoms with Crippen LogP contribution >= 0.6 is 11.6 Å². The molecule has 120 valence electrons. The van der Waals surface area contributed by atoms with E-state index in [1.807, 2.05) is 0 Å². The van der Waals surface area contributed by atoms with E-state index in [4.69, 9.17) is 11.6 Å². The lowest BCUT2D eigenvalue weighted by Crippen LogP contribution is -2.51. The molecule has 0 spiro atoms. The number of halogens is 1. The van der Waals surface area contributed by atoms with Crippen molar-refractivity contribution >= 4 is 17.5 Å². The summed E-state index contributed by atoms with van der Waals surface area (Å²) >= 11 is 6.47. The number of carbonyl (C=O) groups excluding carboxylic acids is 1. The number of hydrogen-bond donors (Lipinski definition) is 1. The van der Waals surface area contributed by atoms with Crippen LogP contribution in [0.25, 0.3) is 0 Å². The second-order valence-corrected chi connectivity index (χ2v) is 8.35. The first-order chi connectivity index (χ1) is 10.1. The first-order valence-corrected chi connectivity index (χ1v) is 9.47. The van der Waals surface area contributed by atoms with Gasteiger partial charge in [0.05, 0.1) is 5.38 Å². The Labute approximate surface area is 134 Å². The fourth-order valence-corrected chi connectivity index (χ4v) is 6.07. The van der Waals surface area contributed by atoms with Gasteiger partial charge in [-0.05, 0) is 61.7 Å². The van der Waals surface area contributed by atoms with E-state index in [0.717, 1.165) is 24.7 Å². The van der Waals surface area contributed by atoms with Gasteiger partial charge in [0, 0.05) is 12.5 Å². The van der Waals surface area contributed by atoms with Crippen LogP contribution in [-0.4, -0.2) is 17.8 Å². The molecule has 4 aliphatic rings. The summed E-state index contributed by atoms with van der Waals surface area (Å²) in [5.74, 6) is 4.32. The fourth-order valence-electron chi connectivity index (χ4n) is 5.64. The van der Waals surface area contributed by atoms with Gasteiger partial charge in [0.1, 0.15) is 0 Å². The third-order valence-corrected chi connectivity index (χ3v) is 7.07. The maximum Gasteiger partial charge on any atom is 0.223 e. The molecule has 1 unspecified atom stereocenters. The number of amides is 1. The summed E-state index contributed by atoms with van der Waals surface area (Å²) in [4.78, 5) is 12.7. The molecule has 0 saturated heterocycles. The van der Waals surface area contributed by atoms with Gasteiger partial charge in [-0.25, -0.2) is 0 Å². The second-order valence-electron chi connectivity index (χ2n) is 7.79. The summed E-state index contributed by atoms with van der Waals surface area (Å²) in [6.45, 7) is 5.02. The van der Waals surface area contributed by atoms with Crippen LogP contribution in [0.5, 0.6) is 0 Å². The maximum absolute atomic E-state index is 12.7. The minimum atomic E-state index is 0.0841. The maximum atomic E-state index is 12.7. The minimum Gasteiger partial charge on any atom is -0.354 e. The Hall–Kier alpha value is -0.240. The van der Waals surface area contributed by atoms with Gasteiger partial charge in [-0.2, -0.15) is 0 Å². The molecular weight excluding hydrogens is 282 g/mol. The van der Waals surface area contributed by atoms with Crippen LogP contribution in [0.15, 0.2) is 0 Å². The summed E-state index contributed by atoms with van der Waals surface area (Å²) in [6, 6.07) is 0. The number of alkyl halides is 1. The number of hydrogen-bond acceptors (Lipinski definition) is 1. The fraction of sp³-hybridized carbons (Fsp3) is 0.944. The van der Waals surface area contributed by atoms with Crippen molar-refractivity contribution < 1.29 is 4.79 Å². The Bertz CT molecular complexity index is 351. The third-order valence-electron chi connectivity index (χ3n) is 6.56. The first-order valence-electron chi connectivity index (χ1n) is 9.04. The molecule has 4 fully saturated rings. The predicted molar refractivity (Wildman–Crippen MR) is 87.3 cm³/mol. The molecule has 1 N–H and O–H groups in total. The Morgan fingerprint density at radius 3 is 2.05 bits per heavy atom. The third kappa shape index (κ3) is 3.11. The quantitative estimate of drug-likeness (QED) is 0.731. The standard InChI is InChI=1S/C18H30ClNO/c1-3-13(4-2)16(19)10-20-18(21)17-14-6-11-5-12(8-14)9-15(17)7-11/h11-17H,3-10H2,1-2H3,(H,20,21). The molecule has 4 saturated carbocycles. The van der Waals surface area contributed by atoms with E-state index in [9.17, 15) is 4.79 Å². The summed E-state index contributed by atoms with van der Waals surface area (Å²) in [5, 5.41) is 3.27. The molecule has 0 radical (unpaired) electrons. The van der Waals surface area contributed by atoms with Crippen LogP contribution in [0.2, 0.25) is 0 Å². The number of nitrogens with one attached hydrogen (secondary N) is 1. The highest BCUT2D eigenvalue weighted by Crippen LogP contribution is 2.56. The zero-order chi connectivity index (χ0) is 15.0. The molecule has 2 nitrogen and oxygen atoms in total. The Morgan fingerprint density at radius 1 is 1.05 bits per heavy atom. The molecule has 4 aliphatic carbocycles. The SMILES string of the molecule is CCC(CC)C(Cl)CNC(=O)C1C2CC3CC(C2)CC1C3. The Balaban J connectivity index is 1.54. The molecule has 4 rings (SSSR count). The van der Waals surface area contributed by atoms with Crippen LogP contribution in [0.1, 0.15) is 58.8 Å². The molecule has 0 aliphatic heterocycles. The molecule has 0 aromatic heterocycles. The summed E-state index contributed by atoms with van der Waals surface area (Å²) in [6.07, 6.45) is 8.87. The lowest BCUT2D eigenvalue weighted by molar-refractivity contribution is -0.138. The normalized spacial score (nSPS) is 38.8. The highest BCUT2D eigenvalue weighted by Gasteiger charge is 2.50. The molecule has 0 aromatic rings. The molecule has 1 amide bonds. The van der Waals surface area contributed by atoms with Gasteiger partial charge >= 0.3 is 0 Å². The van der Waals surface area contributed by atoms with Crippen LogP contribution in [0.4, 0.5) is 0 Å². The average molecular weight is 312 g/mol. The average Bonchev–Trinajstić information content (AvgIpc) is 2.45. The number of carbonyl (C=O) groups is 1. The summed E-state index contributed by atoms with van der Waals surface area (Å²) in [5.41, 5.74) is 0. The molecule has 1 atom stereocenters. The minimum absolute atomic E-state index is 0.0841. The van der Waals surface area contributed by atoms with Crippen molar-refractivity contribution in [3.63, 3.8) is 0 Å². The van der Waals surface area contributed by atoms with Crippen molar-refractivity contribution in [2.75, 3.05) is 6.54 Å². The van der Waals surface area contributed by atoms with Gasteiger partial charge in [-0.3, -0.25) is 4.79 Å². The zero-order valence-electron chi connectivity index (χ0n) is 13.5. The monoisotopic (exact) mass is 311 g/mol. The van der Waals surface area contributed by atoms with Crippen LogP contribution in [-0.2, 0) is 4.79 Å². The van der Waals surface area contributed by atoms with Gasteiger partial charge in [0.25, 0.3) is 0 Å². The zero-order valence-corrected chi connectivity index (χ0v) is 14.2. The van der Waals surface area contributed by atoms with Crippen molar-refractivity contribution in [3.8, 4) is 0 Å². The topological polar surface area (TPSA) is 29.1 Å². The van der Waals surface area contributed by atoms with Crippen LogP contribution in [0, 0.1) is 35.5 Å². The highest BCUT2D eigenvalue weighted by atomic mass is 35.5. The molecule has 0 aromatic carbocycles. The molecule has 21 heavy (non-hydrogen) atoms. The molecule has 3 heteroatoms. The van der Waals surface area contributed by atoms with E-state index in [0.29, 0.717) is 36.1 Å². The van der Waals surface area contributed by atoms with Crippen molar-refractivity contribution in [1.29, 1.82) is 0 Å². The van der Waals surface area contributed by atoms with E-state index < -0.39 is 0 Å². The van der Waals surface area contributed by atoms with Crippen molar-refractivity contribution in [3.05, 3.63) is 0 Å². The Kier molecular flexibility index (Phi) is 4.83. The van der Waals surface area contributed by atoms with Gasteiger partial charge < -0.3 is 5.32 Å². The molecule has 0 heterocycles. The van der Waals surface area contributed by atoms with E-state index in [-0.39, 0.29) is 5.38 Å². The smallest absolute Gasteiger partial charge is 0.223 e. The van der Waals surface area contributed by atoms with E-state index in [2.05, 4.69) is 19.2 Å². The Morgan fingerprint density at radius 2 is 1.57 bits per heavy atom. The van der Waals surface area contributed by atoms with Crippen molar-refractivity contribution in [2.45, 2.75) is 64.2 Å². The second kappa shape index (κ2) is 6.48. The first kappa shape index (κ1) is 15.6. The highest BCUT2D eigenvalue weighted by molar-refractivity contribution is 6.21. The van der Waals surface area contributed by atoms with Gasteiger partial charge in [-0.15, -0.1) is 11.6 Å². The predicted octanol–water partition coefficient (Wildman–Crippen LogP) is 4.22. The van der Waals surface area contributed by atoms with Gasteiger partial charge in [0.15, 0.2) is 0 Å². The van der Waals surface area contributed by atoms with E-state index in [1.165, 1.54) is 32.1 Å². The lowest BCUT2D eigenvalue weighted by atomic mass is 9.51. The largest absolute Gasteiger partial charge is 0.354 e. The van der Waals surface area contributed by atoms with Crippen molar-refractivity contribution in [2.24, 2.45) is 35.5 Å². The van der Waals surface area contributed by atoms with E-state index >= 15 is 0 Å². The van der Waals surface area contributed by atoms with Gasteiger partial charge in [0.2, 0.25) is 5.91 Å². The van der Waals surface area contributed by atoms with Crippen LogP contribution in [0.3, 0.4) is 0 Å². The summed E-state index contributed by atoms with van der Waals surface area (Å²) < 4.78 is 0. The number of rotatable bonds is 6. The summed E-state index contributed by atoms with van der Waals surface area (Å²) in [7, 11) is 0.